The number of carbonyl (C=O) groups is 1. The minimum atomic E-state index is -0.567. The molecule has 0 amide bonds. The van der Waals surface area contributed by atoms with Crippen molar-refractivity contribution < 1.29 is 18.7 Å². The zero-order valence-corrected chi connectivity index (χ0v) is 12.3. The largest absolute Gasteiger partial charge is 0.462 e. The summed E-state index contributed by atoms with van der Waals surface area (Å²) in [4.78, 5) is 20.0. The van der Waals surface area contributed by atoms with Gasteiger partial charge in [-0.3, -0.25) is 0 Å². The van der Waals surface area contributed by atoms with Crippen LogP contribution in [0.5, 0.6) is 11.6 Å². The molecular formula is C14H13FN2O3S. The maximum absolute atomic E-state index is 12.9. The van der Waals surface area contributed by atoms with E-state index in [9.17, 15) is 9.18 Å². The maximum atomic E-state index is 12.9. The molecule has 0 fully saturated rings. The molecule has 1 aromatic carbocycles. The van der Waals surface area contributed by atoms with Gasteiger partial charge < -0.3 is 9.47 Å². The lowest BCUT2D eigenvalue weighted by Gasteiger charge is -2.10. The van der Waals surface area contributed by atoms with Gasteiger partial charge in [-0.1, -0.05) is 11.8 Å². The molecule has 7 heteroatoms. The second-order valence-electron chi connectivity index (χ2n) is 3.85. The molecule has 110 valence electrons. The normalized spacial score (nSPS) is 10.2. The summed E-state index contributed by atoms with van der Waals surface area (Å²) >= 11 is 1.32. The Balaban J connectivity index is 2.34. The predicted molar refractivity (Wildman–Crippen MR) is 76.2 cm³/mol. The lowest BCUT2D eigenvalue weighted by Crippen LogP contribution is -2.09. The molecule has 0 radical (unpaired) electrons. The first-order chi connectivity index (χ1) is 10.1. The molecule has 0 unspecified atom stereocenters. The van der Waals surface area contributed by atoms with Crippen LogP contribution in [-0.2, 0) is 4.74 Å². The van der Waals surface area contributed by atoms with Gasteiger partial charge >= 0.3 is 5.97 Å². The Morgan fingerprint density at radius 1 is 1.33 bits per heavy atom. The van der Waals surface area contributed by atoms with Gasteiger partial charge in [-0.2, -0.15) is 4.98 Å². The first-order valence-electron chi connectivity index (χ1n) is 6.15. The smallest absolute Gasteiger partial charge is 0.345 e. The van der Waals surface area contributed by atoms with Gasteiger partial charge in [0, 0.05) is 6.20 Å². The molecule has 21 heavy (non-hydrogen) atoms. The summed E-state index contributed by atoms with van der Waals surface area (Å²) in [5.74, 6) is -0.491. The van der Waals surface area contributed by atoms with Crippen LogP contribution < -0.4 is 4.74 Å². The van der Waals surface area contributed by atoms with Gasteiger partial charge in [-0.25, -0.2) is 14.2 Å². The Labute approximate surface area is 125 Å². The third kappa shape index (κ3) is 3.91. The maximum Gasteiger partial charge on any atom is 0.345 e. The van der Waals surface area contributed by atoms with Crippen LogP contribution >= 0.6 is 11.8 Å². The number of thioether (sulfide) groups is 1. The van der Waals surface area contributed by atoms with E-state index in [1.165, 1.54) is 42.2 Å². The minimum Gasteiger partial charge on any atom is -0.462 e. The third-order valence-electron chi connectivity index (χ3n) is 2.44. The van der Waals surface area contributed by atoms with Crippen LogP contribution in [0.25, 0.3) is 0 Å². The number of nitrogens with zero attached hydrogens (tertiary/aromatic N) is 2. The van der Waals surface area contributed by atoms with Gasteiger partial charge in [0.1, 0.15) is 17.1 Å². The molecule has 0 spiro atoms. The zero-order chi connectivity index (χ0) is 15.2. The van der Waals surface area contributed by atoms with Crippen LogP contribution in [0.3, 0.4) is 0 Å². The zero-order valence-electron chi connectivity index (χ0n) is 11.5. The number of hydrogen-bond acceptors (Lipinski definition) is 6. The van der Waals surface area contributed by atoms with Crippen LogP contribution in [-0.4, -0.2) is 28.8 Å². The highest BCUT2D eigenvalue weighted by atomic mass is 32.2. The topological polar surface area (TPSA) is 61.3 Å². The van der Waals surface area contributed by atoms with E-state index in [0.29, 0.717) is 10.9 Å². The highest BCUT2D eigenvalue weighted by Gasteiger charge is 2.18. The molecule has 1 aromatic heterocycles. The molecule has 2 rings (SSSR count). The molecule has 0 saturated carbocycles. The van der Waals surface area contributed by atoms with E-state index >= 15 is 0 Å². The highest BCUT2D eigenvalue weighted by molar-refractivity contribution is 7.98. The fraction of sp³-hybridized carbons (Fsp3) is 0.214. The number of esters is 1. The van der Waals surface area contributed by atoms with E-state index in [1.807, 2.05) is 0 Å². The molecular weight excluding hydrogens is 295 g/mol. The summed E-state index contributed by atoms with van der Waals surface area (Å²) in [5, 5.41) is 0.458. The first-order valence-corrected chi connectivity index (χ1v) is 7.38. The molecule has 0 saturated heterocycles. The van der Waals surface area contributed by atoms with Gasteiger partial charge in [-0.15, -0.1) is 0 Å². The van der Waals surface area contributed by atoms with Gasteiger partial charge in [0.15, 0.2) is 5.16 Å². The lowest BCUT2D eigenvalue weighted by atomic mass is 10.3. The summed E-state index contributed by atoms with van der Waals surface area (Å²) in [6, 6.07) is 5.42. The molecule has 0 bridgehead atoms. The second-order valence-corrected chi connectivity index (χ2v) is 4.63. The van der Waals surface area contributed by atoms with E-state index < -0.39 is 5.97 Å². The molecule has 0 aliphatic carbocycles. The van der Waals surface area contributed by atoms with Crippen molar-refractivity contribution in [3.05, 3.63) is 41.8 Å². The number of carbonyl (C=O) groups excluding carboxylic acids is 1. The first kappa shape index (κ1) is 15.2. The van der Waals surface area contributed by atoms with Crippen molar-refractivity contribution in [2.24, 2.45) is 0 Å². The Morgan fingerprint density at radius 2 is 2.05 bits per heavy atom. The third-order valence-corrected chi connectivity index (χ3v) is 3.00. The van der Waals surface area contributed by atoms with E-state index in [0.717, 1.165) is 0 Å². The molecule has 0 atom stereocenters. The van der Waals surface area contributed by atoms with Gasteiger partial charge in [0.25, 0.3) is 0 Å². The fourth-order valence-electron chi connectivity index (χ4n) is 1.49. The van der Waals surface area contributed by atoms with Crippen LogP contribution in [0.1, 0.15) is 17.3 Å². The Hall–Kier alpha value is -2.15. The molecule has 0 N–H and O–H groups in total. The molecule has 0 aliphatic heterocycles. The van der Waals surface area contributed by atoms with E-state index in [1.54, 1.807) is 13.2 Å². The lowest BCUT2D eigenvalue weighted by molar-refractivity contribution is 0.0521. The minimum absolute atomic E-state index is 0.0828. The highest BCUT2D eigenvalue weighted by Crippen LogP contribution is 2.25. The van der Waals surface area contributed by atoms with Gasteiger partial charge in [0.05, 0.1) is 6.61 Å². The van der Waals surface area contributed by atoms with E-state index in [4.69, 9.17) is 9.47 Å². The number of benzene rings is 1. The number of rotatable bonds is 5. The van der Waals surface area contributed by atoms with Gasteiger partial charge in [0.2, 0.25) is 5.88 Å². The average Bonchev–Trinajstić information content (AvgIpc) is 2.49. The van der Waals surface area contributed by atoms with Crippen LogP contribution in [0.2, 0.25) is 0 Å². The van der Waals surface area contributed by atoms with Crippen molar-refractivity contribution in [1.82, 2.24) is 9.97 Å². The predicted octanol–water partition coefficient (Wildman–Crippen LogP) is 3.31. The van der Waals surface area contributed by atoms with Crippen LogP contribution in [0.15, 0.2) is 35.6 Å². The summed E-state index contributed by atoms with van der Waals surface area (Å²) < 4.78 is 23.4. The van der Waals surface area contributed by atoms with Gasteiger partial charge in [-0.05, 0) is 37.4 Å². The Bertz CT molecular complexity index is 635. The number of hydrogen-bond donors (Lipinski definition) is 0. The number of aromatic nitrogens is 2. The summed E-state index contributed by atoms with van der Waals surface area (Å²) in [6.45, 7) is 1.94. The van der Waals surface area contributed by atoms with Crippen molar-refractivity contribution >= 4 is 17.7 Å². The molecule has 5 nitrogen and oxygen atoms in total. The average molecular weight is 308 g/mol. The van der Waals surface area contributed by atoms with Crippen molar-refractivity contribution in [2.45, 2.75) is 12.1 Å². The SMILES string of the molecule is CCOC(=O)c1cnc(SC)nc1Oc1ccc(F)cc1. The van der Waals surface area contributed by atoms with E-state index in [-0.39, 0.29) is 23.9 Å². The van der Waals surface area contributed by atoms with Crippen LogP contribution in [0.4, 0.5) is 4.39 Å². The Kier molecular flexibility index (Phi) is 5.10. The summed E-state index contributed by atoms with van der Waals surface area (Å²) in [6.07, 6.45) is 3.16. The molecule has 1 heterocycles. The quantitative estimate of drug-likeness (QED) is 0.480. The van der Waals surface area contributed by atoms with Crippen molar-refractivity contribution in [3.8, 4) is 11.6 Å². The number of halogens is 1. The Morgan fingerprint density at radius 3 is 2.67 bits per heavy atom. The molecule has 0 aliphatic rings. The monoisotopic (exact) mass is 308 g/mol. The van der Waals surface area contributed by atoms with Crippen LogP contribution in [0, 0.1) is 5.82 Å². The van der Waals surface area contributed by atoms with Crippen molar-refractivity contribution in [3.63, 3.8) is 0 Å². The standard InChI is InChI=1S/C14H13FN2O3S/c1-3-19-13(18)11-8-16-14(21-2)17-12(11)20-10-6-4-9(15)5-7-10/h4-8H,3H2,1-2H3. The van der Waals surface area contributed by atoms with Crippen molar-refractivity contribution in [2.75, 3.05) is 12.9 Å². The van der Waals surface area contributed by atoms with E-state index in [2.05, 4.69) is 9.97 Å². The molecule has 2 aromatic rings. The fourth-order valence-corrected chi connectivity index (χ4v) is 1.82. The second kappa shape index (κ2) is 7.03. The van der Waals surface area contributed by atoms with Crippen molar-refractivity contribution in [1.29, 1.82) is 0 Å². The summed E-state index contributed by atoms with van der Waals surface area (Å²) in [5.41, 5.74) is 0.124. The number of ether oxygens (including phenoxy) is 2. The summed E-state index contributed by atoms with van der Waals surface area (Å²) in [7, 11) is 0.